The van der Waals surface area contributed by atoms with Gasteiger partial charge in [0.2, 0.25) is 0 Å². The van der Waals surface area contributed by atoms with Crippen LogP contribution in [-0.4, -0.2) is 36.2 Å². The summed E-state index contributed by atoms with van der Waals surface area (Å²) in [6.07, 6.45) is 0. The van der Waals surface area contributed by atoms with E-state index in [-0.39, 0.29) is 36.6 Å². The molecule has 1 atom stereocenters. The molecule has 0 amide bonds. The Hall–Kier alpha value is -0.0100. The lowest BCUT2D eigenvalue weighted by atomic mass is 10.0. The van der Waals surface area contributed by atoms with Gasteiger partial charge in [0.15, 0.2) is 0 Å². The fraction of sp³-hybridized carbons (Fsp3) is 0.333. The van der Waals surface area contributed by atoms with Gasteiger partial charge in [0.1, 0.15) is 5.75 Å². The number of rotatable bonds is 3. The molecule has 0 unspecified atom stereocenters. The van der Waals surface area contributed by atoms with E-state index in [9.17, 15) is 5.11 Å². The molecule has 3 rings (SSSR count). The number of thiophene rings is 1. The van der Waals surface area contributed by atoms with Gasteiger partial charge in [-0.25, -0.2) is 0 Å². The number of hydrogen-bond acceptors (Lipinski definition) is 4. The second-order valence-electron chi connectivity index (χ2n) is 5.03. The van der Waals surface area contributed by atoms with Crippen LogP contribution in [0.4, 0.5) is 0 Å². The number of aromatic hydroxyl groups is 1. The van der Waals surface area contributed by atoms with E-state index in [1.54, 1.807) is 17.4 Å². The largest absolute Gasteiger partial charge is 0.506 e. The molecule has 1 saturated heterocycles. The number of phenols is 1. The molecule has 1 fully saturated rings. The van der Waals surface area contributed by atoms with Crippen LogP contribution in [0.2, 0.25) is 5.02 Å². The molecular formula is C15H18BrCl3N2OS. The zero-order valence-electron chi connectivity index (χ0n) is 12.2. The van der Waals surface area contributed by atoms with Gasteiger partial charge < -0.3 is 10.4 Å². The maximum Gasteiger partial charge on any atom is 0.139 e. The van der Waals surface area contributed by atoms with Gasteiger partial charge in [-0.15, -0.1) is 36.2 Å². The lowest BCUT2D eigenvalue weighted by Gasteiger charge is -2.35. The monoisotopic (exact) mass is 458 g/mol. The minimum Gasteiger partial charge on any atom is -0.506 e. The van der Waals surface area contributed by atoms with Gasteiger partial charge in [-0.05, 0) is 23.6 Å². The molecule has 0 saturated carbocycles. The molecule has 23 heavy (non-hydrogen) atoms. The number of halogens is 4. The summed E-state index contributed by atoms with van der Waals surface area (Å²) in [4.78, 5) is 3.61. The summed E-state index contributed by atoms with van der Waals surface area (Å²) >= 11 is 11.3. The highest BCUT2D eigenvalue weighted by molar-refractivity contribution is 9.10. The molecule has 128 valence electrons. The van der Waals surface area contributed by atoms with Gasteiger partial charge in [0.05, 0.1) is 11.1 Å². The number of hydrogen-bond donors (Lipinski definition) is 2. The average Bonchev–Trinajstić information content (AvgIpc) is 2.99. The number of phenolic OH excluding ortho intramolecular Hbond substituents is 1. The van der Waals surface area contributed by atoms with Crippen LogP contribution in [0.25, 0.3) is 0 Å². The van der Waals surface area contributed by atoms with Crippen LogP contribution in [0.5, 0.6) is 5.75 Å². The van der Waals surface area contributed by atoms with Crippen LogP contribution in [-0.2, 0) is 0 Å². The topological polar surface area (TPSA) is 35.5 Å². The third kappa shape index (κ3) is 4.75. The second kappa shape index (κ2) is 9.47. The van der Waals surface area contributed by atoms with E-state index >= 15 is 0 Å². The van der Waals surface area contributed by atoms with Gasteiger partial charge in [-0.3, -0.25) is 4.90 Å². The molecule has 1 aliphatic heterocycles. The van der Waals surface area contributed by atoms with E-state index in [0.717, 1.165) is 36.2 Å². The highest BCUT2D eigenvalue weighted by atomic mass is 79.9. The molecular weight excluding hydrogens is 443 g/mol. The molecule has 0 aliphatic carbocycles. The van der Waals surface area contributed by atoms with E-state index in [1.165, 1.54) is 4.88 Å². The van der Waals surface area contributed by atoms with E-state index in [2.05, 4.69) is 37.6 Å². The Morgan fingerprint density at radius 2 is 1.96 bits per heavy atom. The Bertz CT molecular complexity index is 621. The van der Waals surface area contributed by atoms with Gasteiger partial charge in [0, 0.05) is 41.1 Å². The Kier molecular flexibility index (Phi) is 8.66. The third-order valence-corrected chi connectivity index (χ3v) is 5.35. The van der Waals surface area contributed by atoms with E-state index in [0.29, 0.717) is 5.02 Å². The lowest BCUT2D eigenvalue weighted by Crippen LogP contribution is -2.45. The summed E-state index contributed by atoms with van der Waals surface area (Å²) in [7, 11) is 0. The summed E-state index contributed by atoms with van der Waals surface area (Å²) in [5.74, 6) is 0.178. The van der Waals surface area contributed by atoms with Crippen molar-refractivity contribution in [1.29, 1.82) is 0 Å². The first-order chi connectivity index (χ1) is 10.2. The Morgan fingerprint density at radius 1 is 1.26 bits per heavy atom. The van der Waals surface area contributed by atoms with E-state index in [1.807, 2.05) is 12.1 Å². The molecule has 2 heterocycles. The van der Waals surface area contributed by atoms with Crippen molar-refractivity contribution in [3.63, 3.8) is 0 Å². The Morgan fingerprint density at radius 3 is 2.57 bits per heavy atom. The van der Waals surface area contributed by atoms with Crippen molar-refractivity contribution >= 4 is 63.7 Å². The second-order valence-corrected chi connectivity index (χ2v) is 7.33. The normalized spacial score (nSPS) is 16.3. The highest BCUT2D eigenvalue weighted by Crippen LogP contribution is 2.41. The van der Waals surface area contributed by atoms with Crippen LogP contribution in [0.1, 0.15) is 16.5 Å². The molecule has 0 radical (unpaired) electrons. The number of benzene rings is 1. The quantitative estimate of drug-likeness (QED) is 0.697. The number of nitrogens with one attached hydrogen (secondary N) is 1. The average molecular weight is 461 g/mol. The fourth-order valence-electron chi connectivity index (χ4n) is 2.71. The fourth-order valence-corrected chi connectivity index (χ4v) is 4.42. The Balaban J connectivity index is 0.00000132. The Labute approximate surface area is 166 Å². The number of nitrogens with zero attached hydrogens (tertiary/aromatic N) is 1. The first kappa shape index (κ1) is 21.0. The third-order valence-electron chi connectivity index (χ3n) is 3.68. The zero-order valence-corrected chi connectivity index (χ0v) is 17.0. The van der Waals surface area contributed by atoms with Crippen LogP contribution < -0.4 is 5.32 Å². The summed E-state index contributed by atoms with van der Waals surface area (Å²) in [6.45, 7) is 3.83. The minimum absolute atomic E-state index is 0. The van der Waals surface area contributed by atoms with Crippen molar-refractivity contribution in [2.75, 3.05) is 26.2 Å². The molecule has 0 spiro atoms. The predicted octanol–water partition coefficient (Wildman–Crippen LogP) is 4.71. The maximum atomic E-state index is 10.4. The summed E-state index contributed by atoms with van der Waals surface area (Å²) in [5, 5.41) is 16.3. The first-order valence-corrected chi connectivity index (χ1v) is 8.88. The van der Waals surface area contributed by atoms with Crippen molar-refractivity contribution in [3.8, 4) is 5.75 Å². The highest BCUT2D eigenvalue weighted by Gasteiger charge is 2.28. The standard InChI is InChI=1S/C15H16BrClN2OS.2ClH/c16-10-8-11(15(20)12(17)9-10)14(13-2-1-7-21-13)19-5-3-18-4-6-19;;/h1-2,7-9,14,18,20H,3-6H2;2*1H/t14-;;/m0../s1. The lowest BCUT2D eigenvalue weighted by molar-refractivity contribution is 0.198. The van der Waals surface area contributed by atoms with Gasteiger partial charge >= 0.3 is 0 Å². The molecule has 2 N–H and O–H groups in total. The van der Waals surface area contributed by atoms with E-state index < -0.39 is 0 Å². The van der Waals surface area contributed by atoms with Gasteiger partial charge in [-0.1, -0.05) is 33.6 Å². The number of piperazine rings is 1. The van der Waals surface area contributed by atoms with Crippen molar-refractivity contribution in [2.24, 2.45) is 0 Å². The molecule has 3 nitrogen and oxygen atoms in total. The SMILES string of the molecule is Cl.Cl.Oc1c(Cl)cc(Br)cc1[C@@H](c1cccs1)N1CCNCC1. The van der Waals surface area contributed by atoms with Crippen molar-refractivity contribution in [2.45, 2.75) is 6.04 Å². The van der Waals surface area contributed by atoms with Crippen LogP contribution in [0.3, 0.4) is 0 Å². The van der Waals surface area contributed by atoms with Crippen molar-refractivity contribution < 1.29 is 5.11 Å². The smallest absolute Gasteiger partial charge is 0.139 e. The van der Waals surface area contributed by atoms with E-state index in [4.69, 9.17) is 11.6 Å². The maximum absolute atomic E-state index is 10.4. The minimum atomic E-state index is 0. The summed E-state index contributed by atoms with van der Waals surface area (Å²) in [5.41, 5.74) is 0.860. The molecule has 2 aromatic rings. The van der Waals surface area contributed by atoms with Crippen LogP contribution >= 0.6 is 63.7 Å². The summed E-state index contributed by atoms with van der Waals surface area (Å²) in [6, 6.07) is 7.90. The molecule has 0 bridgehead atoms. The van der Waals surface area contributed by atoms with Crippen LogP contribution in [0.15, 0.2) is 34.1 Å². The first-order valence-electron chi connectivity index (χ1n) is 6.83. The molecule has 1 aliphatic rings. The van der Waals surface area contributed by atoms with Crippen LogP contribution in [0, 0.1) is 0 Å². The predicted molar refractivity (Wildman–Crippen MR) is 106 cm³/mol. The molecule has 1 aromatic heterocycles. The summed E-state index contributed by atoms with van der Waals surface area (Å²) < 4.78 is 0.886. The zero-order chi connectivity index (χ0) is 14.8. The van der Waals surface area contributed by atoms with Crippen molar-refractivity contribution in [3.05, 3.63) is 49.6 Å². The molecule has 8 heteroatoms. The molecule has 1 aromatic carbocycles. The van der Waals surface area contributed by atoms with Gasteiger partial charge in [0.25, 0.3) is 0 Å². The van der Waals surface area contributed by atoms with Crippen molar-refractivity contribution in [1.82, 2.24) is 10.2 Å². The van der Waals surface area contributed by atoms with Gasteiger partial charge in [-0.2, -0.15) is 0 Å².